The standard InChI is InChI=1S/C13H7N5O4S/c14-5-8-4-9(18(20)21)6-17(13(8)19)7-11-15-12(16-22-11)10-2-1-3-23-10/h1-4,6H,7H2. The van der Waals surface area contributed by atoms with Crippen molar-refractivity contribution in [2.75, 3.05) is 0 Å². The molecule has 3 aromatic heterocycles. The quantitative estimate of drug-likeness (QED) is 0.527. The van der Waals surface area contributed by atoms with Gasteiger partial charge in [0.2, 0.25) is 11.7 Å². The van der Waals surface area contributed by atoms with Crippen LogP contribution in [0.1, 0.15) is 11.5 Å². The fraction of sp³-hybridized carbons (Fsp3) is 0.0769. The summed E-state index contributed by atoms with van der Waals surface area (Å²) in [5.41, 5.74) is -1.34. The van der Waals surface area contributed by atoms with Crippen LogP contribution in [-0.4, -0.2) is 19.6 Å². The Balaban J connectivity index is 1.97. The van der Waals surface area contributed by atoms with Crippen LogP contribution < -0.4 is 5.56 Å². The fourth-order valence-corrected chi connectivity index (χ4v) is 2.54. The van der Waals surface area contributed by atoms with Crippen molar-refractivity contribution in [3.05, 3.63) is 61.7 Å². The van der Waals surface area contributed by atoms with Crippen LogP contribution in [-0.2, 0) is 6.54 Å². The summed E-state index contributed by atoms with van der Waals surface area (Å²) < 4.78 is 6.06. The van der Waals surface area contributed by atoms with Gasteiger partial charge >= 0.3 is 0 Å². The van der Waals surface area contributed by atoms with Gasteiger partial charge in [-0.1, -0.05) is 11.2 Å². The van der Waals surface area contributed by atoms with Crippen molar-refractivity contribution < 1.29 is 9.45 Å². The van der Waals surface area contributed by atoms with Crippen molar-refractivity contribution >= 4 is 17.0 Å². The minimum absolute atomic E-state index is 0.111. The smallest absolute Gasteiger partial charge is 0.287 e. The van der Waals surface area contributed by atoms with Crippen molar-refractivity contribution in [3.63, 3.8) is 0 Å². The lowest BCUT2D eigenvalue weighted by atomic mass is 10.2. The molecule has 0 radical (unpaired) electrons. The van der Waals surface area contributed by atoms with E-state index in [9.17, 15) is 14.9 Å². The number of nitrogens with zero attached hydrogens (tertiary/aromatic N) is 5. The van der Waals surface area contributed by atoms with Crippen LogP contribution in [0, 0.1) is 21.4 Å². The molecule has 10 heteroatoms. The molecule has 0 fully saturated rings. The van der Waals surface area contributed by atoms with Gasteiger partial charge in [0, 0.05) is 6.07 Å². The highest BCUT2D eigenvalue weighted by Gasteiger charge is 2.16. The molecule has 0 aliphatic carbocycles. The van der Waals surface area contributed by atoms with Crippen molar-refractivity contribution in [1.29, 1.82) is 5.26 Å². The maximum Gasteiger partial charge on any atom is 0.287 e. The molecule has 3 heterocycles. The Hall–Kier alpha value is -3.32. The fourth-order valence-electron chi connectivity index (χ4n) is 1.89. The predicted molar refractivity (Wildman–Crippen MR) is 78.8 cm³/mol. The molecule has 0 aliphatic rings. The minimum Gasteiger partial charge on any atom is -0.337 e. The zero-order valence-electron chi connectivity index (χ0n) is 11.4. The minimum atomic E-state index is -0.679. The van der Waals surface area contributed by atoms with Crippen LogP contribution in [0.4, 0.5) is 5.69 Å². The summed E-state index contributed by atoms with van der Waals surface area (Å²) in [5, 5.41) is 25.4. The molecule has 0 N–H and O–H groups in total. The summed E-state index contributed by atoms with van der Waals surface area (Å²) in [4.78, 5) is 27.2. The lowest BCUT2D eigenvalue weighted by Crippen LogP contribution is -2.23. The van der Waals surface area contributed by atoms with Gasteiger partial charge < -0.3 is 4.52 Å². The second-order valence-electron chi connectivity index (χ2n) is 4.40. The first kappa shape index (κ1) is 14.6. The molecule has 0 atom stereocenters. The largest absolute Gasteiger partial charge is 0.337 e. The SMILES string of the molecule is N#Cc1cc([N+](=O)[O-])cn(Cc2nc(-c3cccs3)no2)c1=O. The number of thiophene rings is 1. The van der Waals surface area contributed by atoms with E-state index < -0.39 is 10.5 Å². The Labute approximate surface area is 132 Å². The first-order valence-corrected chi connectivity index (χ1v) is 7.12. The van der Waals surface area contributed by atoms with Gasteiger partial charge in [-0.15, -0.1) is 11.3 Å². The van der Waals surface area contributed by atoms with Crippen LogP contribution in [0.3, 0.4) is 0 Å². The molecule has 3 aromatic rings. The highest BCUT2D eigenvalue weighted by Crippen LogP contribution is 2.21. The van der Waals surface area contributed by atoms with Crippen LogP contribution in [0.25, 0.3) is 10.7 Å². The Kier molecular flexibility index (Phi) is 3.70. The third-order valence-electron chi connectivity index (χ3n) is 2.92. The summed E-state index contributed by atoms with van der Waals surface area (Å²) in [7, 11) is 0. The van der Waals surface area contributed by atoms with E-state index in [0.29, 0.717) is 5.82 Å². The van der Waals surface area contributed by atoms with Gasteiger partial charge in [-0.25, -0.2) is 0 Å². The molecular formula is C13H7N5O4S. The van der Waals surface area contributed by atoms with Crippen molar-refractivity contribution in [2.45, 2.75) is 6.54 Å². The van der Waals surface area contributed by atoms with Crippen molar-refractivity contribution in [2.24, 2.45) is 0 Å². The van der Waals surface area contributed by atoms with E-state index in [1.807, 2.05) is 17.5 Å². The van der Waals surface area contributed by atoms with Crippen LogP contribution in [0.15, 0.2) is 39.1 Å². The lowest BCUT2D eigenvalue weighted by Gasteiger charge is -2.02. The van der Waals surface area contributed by atoms with E-state index in [4.69, 9.17) is 9.78 Å². The first-order chi connectivity index (χ1) is 11.1. The van der Waals surface area contributed by atoms with Crippen molar-refractivity contribution in [3.8, 4) is 16.8 Å². The van der Waals surface area contributed by atoms with Crippen LogP contribution >= 0.6 is 11.3 Å². The summed E-state index contributed by atoms with van der Waals surface area (Å²) in [6.07, 6.45) is 1.04. The molecule has 0 aliphatic heterocycles. The molecule has 0 unspecified atom stereocenters. The summed E-state index contributed by atoms with van der Waals surface area (Å²) in [6.45, 7) is -0.159. The molecule has 0 aromatic carbocycles. The topological polar surface area (TPSA) is 128 Å². The maximum absolute atomic E-state index is 12.0. The number of hydrogen-bond donors (Lipinski definition) is 0. The average Bonchev–Trinajstić information content (AvgIpc) is 3.20. The zero-order valence-corrected chi connectivity index (χ0v) is 12.2. The van der Waals surface area contributed by atoms with E-state index in [-0.39, 0.29) is 23.7 Å². The van der Waals surface area contributed by atoms with E-state index >= 15 is 0 Å². The Morgan fingerprint density at radius 3 is 3.00 bits per heavy atom. The van der Waals surface area contributed by atoms with Gasteiger partial charge in [-0.2, -0.15) is 10.2 Å². The van der Waals surface area contributed by atoms with Gasteiger partial charge in [0.25, 0.3) is 11.2 Å². The number of aromatic nitrogens is 3. The second kappa shape index (κ2) is 5.82. The molecule has 114 valence electrons. The molecule has 0 amide bonds. The first-order valence-electron chi connectivity index (χ1n) is 6.24. The van der Waals surface area contributed by atoms with Gasteiger partial charge in [0.15, 0.2) is 0 Å². The Morgan fingerprint density at radius 2 is 2.35 bits per heavy atom. The van der Waals surface area contributed by atoms with E-state index in [1.165, 1.54) is 11.3 Å². The summed E-state index contributed by atoms with van der Waals surface area (Å²) >= 11 is 1.43. The average molecular weight is 329 g/mol. The highest BCUT2D eigenvalue weighted by molar-refractivity contribution is 7.13. The predicted octanol–water partition coefficient (Wildman–Crippen LogP) is 1.79. The normalized spacial score (nSPS) is 10.4. The number of pyridine rings is 1. The van der Waals surface area contributed by atoms with E-state index in [1.54, 1.807) is 6.07 Å². The van der Waals surface area contributed by atoms with E-state index in [0.717, 1.165) is 21.7 Å². The summed E-state index contributed by atoms with van der Waals surface area (Å²) in [6, 6.07) is 6.22. The van der Waals surface area contributed by atoms with Gasteiger partial charge in [0.05, 0.1) is 16.0 Å². The molecule has 9 nitrogen and oxygen atoms in total. The maximum atomic E-state index is 12.0. The number of hydrogen-bond acceptors (Lipinski definition) is 8. The molecule has 3 rings (SSSR count). The number of nitro groups is 1. The molecule has 23 heavy (non-hydrogen) atoms. The van der Waals surface area contributed by atoms with Gasteiger partial charge in [0.1, 0.15) is 18.2 Å². The lowest BCUT2D eigenvalue weighted by molar-refractivity contribution is -0.385. The Bertz CT molecular complexity index is 967. The zero-order chi connectivity index (χ0) is 16.4. The monoisotopic (exact) mass is 329 g/mol. The van der Waals surface area contributed by atoms with Gasteiger partial charge in [-0.05, 0) is 11.4 Å². The Morgan fingerprint density at radius 1 is 1.52 bits per heavy atom. The molecule has 0 spiro atoms. The highest BCUT2D eigenvalue weighted by atomic mass is 32.1. The van der Waals surface area contributed by atoms with Gasteiger partial charge in [-0.3, -0.25) is 19.5 Å². The van der Waals surface area contributed by atoms with E-state index in [2.05, 4.69) is 10.1 Å². The molecule has 0 saturated carbocycles. The molecule has 0 saturated heterocycles. The second-order valence-corrected chi connectivity index (χ2v) is 5.35. The molecule has 0 bridgehead atoms. The van der Waals surface area contributed by atoms with Crippen molar-refractivity contribution in [1.82, 2.24) is 14.7 Å². The number of rotatable bonds is 4. The third kappa shape index (κ3) is 2.85. The summed E-state index contributed by atoms with van der Waals surface area (Å²) in [5.74, 6) is 0.480. The van der Waals surface area contributed by atoms with Crippen LogP contribution in [0.2, 0.25) is 0 Å². The number of nitriles is 1. The molecular weight excluding hydrogens is 322 g/mol. The van der Waals surface area contributed by atoms with Crippen LogP contribution in [0.5, 0.6) is 0 Å². The third-order valence-corrected chi connectivity index (χ3v) is 3.78.